The fourth-order valence-corrected chi connectivity index (χ4v) is 2.01. The van der Waals surface area contributed by atoms with Crippen LogP contribution in [0.4, 0.5) is 0 Å². The quantitative estimate of drug-likeness (QED) is 0.834. The van der Waals surface area contributed by atoms with Crippen molar-refractivity contribution in [3.8, 4) is 6.07 Å². The van der Waals surface area contributed by atoms with Gasteiger partial charge in [0.15, 0.2) is 0 Å². The van der Waals surface area contributed by atoms with Crippen LogP contribution in [-0.4, -0.2) is 17.0 Å². The van der Waals surface area contributed by atoms with Gasteiger partial charge in [-0.15, -0.1) is 0 Å². The molecule has 0 fully saturated rings. The molecular formula is C15H17N3O. The molecule has 2 aromatic rings. The first-order valence-corrected chi connectivity index (χ1v) is 6.50. The van der Waals surface area contributed by atoms with Gasteiger partial charge in [-0.25, -0.2) is 0 Å². The number of aromatic nitrogens is 1. The minimum absolute atomic E-state index is 0.00770. The number of amides is 1. The summed E-state index contributed by atoms with van der Waals surface area (Å²) in [6, 6.07) is 9.57. The molecule has 0 aliphatic rings. The molecule has 0 unspecified atom stereocenters. The third kappa shape index (κ3) is 3.14. The van der Waals surface area contributed by atoms with E-state index < -0.39 is 0 Å². The lowest BCUT2D eigenvalue weighted by Crippen LogP contribution is -2.28. The standard InChI is InChI=1S/C15H17N3O/c1-2-3-7-17-15(19)11-18-8-6-13-5-4-12(10-16)9-14(13)18/h4-6,8-9H,2-3,7,11H2,1H3,(H,17,19). The maximum atomic E-state index is 11.8. The van der Waals surface area contributed by atoms with Crippen molar-refractivity contribution in [2.45, 2.75) is 26.3 Å². The molecule has 0 saturated carbocycles. The first-order valence-electron chi connectivity index (χ1n) is 6.50. The Balaban J connectivity index is 2.12. The summed E-state index contributed by atoms with van der Waals surface area (Å²) in [4.78, 5) is 11.8. The Morgan fingerprint density at radius 2 is 2.26 bits per heavy atom. The van der Waals surface area contributed by atoms with Gasteiger partial charge in [0.05, 0.1) is 11.6 Å². The summed E-state index contributed by atoms with van der Waals surface area (Å²) in [5, 5.41) is 12.8. The Labute approximate surface area is 112 Å². The average Bonchev–Trinajstić information content (AvgIpc) is 2.81. The molecule has 1 N–H and O–H groups in total. The summed E-state index contributed by atoms with van der Waals surface area (Å²) in [7, 11) is 0. The SMILES string of the molecule is CCCCNC(=O)Cn1ccc2ccc(C#N)cc21. The summed E-state index contributed by atoms with van der Waals surface area (Å²) < 4.78 is 1.87. The van der Waals surface area contributed by atoms with E-state index in [-0.39, 0.29) is 5.91 Å². The van der Waals surface area contributed by atoms with E-state index in [2.05, 4.69) is 18.3 Å². The van der Waals surface area contributed by atoms with Gasteiger partial charge < -0.3 is 9.88 Å². The lowest BCUT2D eigenvalue weighted by molar-refractivity contribution is -0.121. The lowest BCUT2D eigenvalue weighted by atomic mass is 10.2. The molecule has 0 aliphatic carbocycles. The van der Waals surface area contributed by atoms with Crippen molar-refractivity contribution in [1.29, 1.82) is 5.26 Å². The van der Waals surface area contributed by atoms with Crippen molar-refractivity contribution in [3.63, 3.8) is 0 Å². The third-order valence-corrected chi connectivity index (χ3v) is 3.07. The second kappa shape index (κ2) is 6.05. The zero-order chi connectivity index (χ0) is 13.7. The van der Waals surface area contributed by atoms with Gasteiger partial charge in [0.1, 0.15) is 6.54 Å². The summed E-state index contributed by atoms with van der Waals surface area (Å²) in [6.07, 6.45) is 3.94. The Bertz CT molecular complexity index is 622. The molecule has 2 rings (SSSR count). The van der Waals surface area contributed by atoms with Crippen LogP contribution in [0.1, 0.15) is 25.3 Å². The number of carbonyl (C=O) groups excluding carboxylic acids is 1. The van der Waals surface area contributed by atoms with E-state index in [0.717, 1.165) is 30.3 Å². The van der Waals surface area contributed by atoms with E-state index in [4.69, 9.17) is 5.26 Å². The number of fused-ring (bicyclic) bond motifs is 1. The Kier molecular flexibility index (Phi) is 4.19. The topological polar surface area (TPSA) is 57.8 Å². The largest absolute Gasteiger partial charge is 0.355 e. The van der Waals surface area contributed by atoms with Crippen molar-refractivity contribution in [1.82, 2.24) is 9.88 Å². The molecule has 0 radical (unpaired) electrons. The van der Waals surface area contributed by atoms with Crippen LogP contribution in [-0.2, 0) is 11.3 Å². The highest BCUT2D eigenvalue weighted by Crippen LogP contribution is 2.17. The molecule has 1 aromatic heterocycles. The van der Waals surface area contributed by atoms with Crippen LogP contribution in [0.5, 0.6) is 0 Å². The number of benzene rings is 1. The number of nitrogens with one attached hydrogen (secondary N) is 1. The first-order chi connectivity index (χ1) is 9.24. The van der Waals surface area contributed by atoms with Crippen molar-refractivity contribution < 1.29 is 4.79 Å². The smallest absolute Gasteiger partial charge is 0.239 e. The highest BCUT2D eigenvalue weighted by molar-refractivity contribution is 5.84. The predicted molar refractivity (Wildman–Crippen MR) is 74.6 cm³/mol. The minimum atomic E-state index is 0.00770. The molecular weight excluding hydrogens is 238 g/mol. The van der Waals surface area contributed by atoms with E-state index in [1.54, 1.807) is 6.07 Å². The number of unbranched alkanes of at least 4 members (excludes halogenated alkanes) is 1. The van der Waals surface area contributed by atoms with Crippen LogP contribution in [0.2, 0.25) is 0 Å². The minimum Gasteiger partial charge on any atom is -0.355 e. The maximum Gasteiger partial charge on any atom is 0.239 e. The molecule has 1 heterocycles. The normalized spacial score (nSPS) is 10.3. The molecule has 0 aliphatic heterocycles. The molecule has 0 spiro atoms. The zero-order valence-electron chi connectivity index (χ0n) is 11.0. The number of carbonyl (C=O) groups is 1. The van der Waals surface area contributed by atoms with Crippen LogP contribution < -0.4 is 5.32 Å². The van der Waals surface area contributed by atoms with Gasteiger partial charge in [0, 0.05) is 18.3 Å². The number of hydrogen-bond acceptors (Lipinski definition) is 2. The maximum absolute atomic E-state index is 11.8. The van der Waals surface area contributed by atoms with Gasteiger partial charge in [-0.2, -0.15) is 5.26 Å². The van der Waals surface area contributed by atoms with Crippen LogP contribution >= 0.6 is 0 Å². The zero-order valence-corrected chi connectivity index (χ0v) is 11.0. The van der Waals surface area contributed by atoms with Gasteiger partial charge in [-0.3, -0.25) is 4.79 Å². The lowest BCUT2D eigenvalue weighted by Gasteiger charge is -2.07. The number of nitrogens with zero attached hydrogens (tertiary/aromatic N) is 2. The molecule has 4 heteroatoms. The fourth-order valence-electron chi connectivity index (χ4n) is 2.01. The average molecular weight is 255 g/mol. The van der Waals surface area contributed by atoms with Crippen molar-refractivity contribution >= 4 is 16.8 Å². The third-order valence-electron chi connectivity index (χ3n) is 3.07. The van der Waals surface area contributed by atoms with Gasteiger partial charge in [0.25, 0.3) is 0 Å². The summed E-state index contributed by atoms with van der Waals surface area (Å²) in [5.74, 6) is 0.00770. The summed E-state index contributed by atoms with van der Waals surface area (Å²) in [5.41, 5.74) is 1.53. The van der Waals surface area contributed by atoms with Crippen molar-refractivity contribution in [2.24, 2.45) is 0 Å². The predicted octanol–water partition coefficient (Wildman–Crippen LogP) is 2.43. The Morgan fingerprint density at radius 3 is 3.00 bits per heavy atom. The molecule has 1 amide bonds. The van der Waals surface area contributed by atoms with Crippen LogP contribution in [0.15, 0.2) is 30.5 Å². The van der Waals surface area contributed by atoms with E-state index in [9.17, 15) is 4.79 Å². The molecule has 98 valence electrons. The Morgan fingerprint density at radius 1 is 1.42 bits per heavy atom. The van der Waals surface area contributed by atoms with Crippen LogP contribution in [0.25, 0.3) is 10.9 Å². The van der Waals surface area contributed by atoms with Crippen molar-refractivity contribution in [2.75, 3.05) is 6.54 Å². The number of hydrogen-bond donors (Lipinski definition) is 1. The molecule has 4 nitrogen and oxygen atoms in total. The number of rotatable bonds is 5. The Hall–Kier alpha value is -2.28. The highest BCUT2D eigenvalue weighted by atomic mass is 16.1. The van der Waals surface area contributed by atoms with E-state index in [1.807, 2.05) is 29.0 Å². The van der Waals surface area contributed by atoms with Crippen LogP contribution in [0, 0.1) is 11.3 Å². The summed E-state index contributed by atoms with van der Waals surface area (Å²) in [6.45, 7) is 3.11. The monoisotopic (exact) mass is 255 g/mol. The molecule has 1 aromatic carbocycles. The van der Waals surface area contributed by atoms with Gasteiger partial charge in [0.2, 0.25) is 5.91 Å². The van der Waals surface area contributed by atoms with Crippen LogP contribution in [0.3, 0.4) is 0 Å². The van der Waals surface area contributed by atoms with E-state index in [1.165, 1.54) is 0 Å². The molecule has 0 atom stereocenters. The second-order valence-corrected chi connectivity index (χ2v) is 4.53. The fraction of sp³-hybridized carbons (Fsp3) is 0.333. The van der Waals surface area contributed by atoms with Gasteiger partial charge >= 0.3 is 0 Å². The van der Waals surface area contributed by atoms with Crippen molar-refractivity contribution in [3.05, 3.63) is 36.0 Å². The molecule has 19 heavy (non-hydrogen) atoms. The highest BCUT2D eigenvalue weighted by Gasteiger charge is 2.06. The van der Waals surface area contributed by atoms with E-state index >= 15 is 0 Å². The second-order valence-electron chi connectivity index (χ2n) is 4.53. The first kappa shape index (κ1) is 13.2. The summed E-state index contributed by atoms with van der Waals surface area (Å²) >= 11 is 0. The molecule has 0 bridgehead atoms. The molecule has 0 saturated heterocycles. The van der Waals surface area contributed by atoms with Gasteiger partial charge in [-0.1, -0.05) is 19.4 Å². The van der Waals surface area contributed by atoms with Gasteiger partial charge in [-0.05, 0) is 30.0 Å². The van der Waals surface area contributed by atoms with E-state index in [0.29, 0.717) is 12.1 Å². The number of nitriles is 1.